The van der Waals surface area contributed by atoms with E-state index in [0.717, 1.165) is 38.5 Å². The topological polar surface area (TPSA) is 46.5 Å². The molecule has 0 spiro atoms. The largest absolute Gasteiger partial charge is 0.459 e. The average molecular weight is 288 g/mol. The number of hydrogen-bond donors (Lipinski definition) is 1. The van der Waals surface area contributed by atoms with Gasteiger partial charge in [0.05, 0.1) is 11.5 Å². The predicted octanol–water partition coefficient (Wildman–Crippen LogP) is 2.83. The first-order valence-corrected chi connectivity index (χ1v) is 8.66. The van der Waals surface area contributed by atoms with Crippen LogP contribution in [0.2, 0.25) is 0 Å². The summed E-state index contributed by atoms with van der Waals surface area (Å²) in [6, 6.07) is 0. The predicted molar refractivity (Wildman–Crippen MR) is 77.3 cm³/mol. The van der Waals surface area contributed by atoms with Crippen LogP contribution in [0.1, 0.15) is 51.4 Å². The van der Waals surface area contributed by atoms with E-state index in [1.54, 1.807) is 0 Å². The van der Waals surface area contributed by atoms with Gasteiger partial charge in [-0.25, -0.2) is 0 Å². The molecule has 6 bridgehead atoms. The minimum atomic E-state index is -0.543. The molecule has 5 saturated carbocycles. The Labute approximate surface area is 125 Å². The van der Waals surface area contributed by atoms with Crippen LogP contribution in [0.15, 0.2) is 12.2 Å². The van der Waals surface area contributed by atoms with Crippen LogP contribution in [0.25, 0.3) is 0 Å². The minimum absolute atomic E-state index is 0.0254. The van der Waals surface area contributed by atoms with Gasteiger partial charge in [-0.05, 0) is 68.6 Å². The van der Waals surface area contributed by atoms with Crippen LogP contribution >= 0.6 is 0 Å². The van der Waals surface area contributed by atoms with Crippen LogP contribution in [0.5, 0.6) is 0 Å². The molecule has 0 saturated heterocycles. The highest BCUT2D eigenvalue weighted by Crippen LogP contribution is 2.59. The number of hydrogen-bond acceptors (Lipinski definition) is 3. The monoisotopic (exact) mass is 288 g/mol. The first-order chi connectivity index (χ1) is 10.0. The van der Waals surface area contributed by atoms with E-state index < -0.39 is 5.60 Å². The molecule has 21 heavy (non-hydrogen) atoms. The Kier molecular flexibility index (Phi) is 2.37. The highest BCUT2D eigenvalue weighted by Gasteiger charge is 2.59. The minimum Gasteiger partial charge on any atom is -0.459 e. The normalized spacial score (nSPS) is 56.1. The van der Waals surface area contributed by atoms with Gasteiger partial charge in [0.25, 0.3) is 0 Å². The van der Waals surface area contributed by atoms with Crippen LogP contribution in [0, 0.1) is 29.6 Å². The molecule has 0 aromatic heterocycles. The molecular weight excluding hydrogens is 264 g/mol. The first-order valence-electron chi connectivity index (χ1n) is 8.66. The summed E-state index contributed by atoms with van der Waals surface area (Å²) < 4.78 is 6.12. The molecule has 114 valence electrons. The molecule has 6 rings (SSSR count). The Hall–Kier alpha value is -0.830. The molecule has 5 fully saturated rings. The van der Waals surface area contributed by atoms with Gasteiger partial charge in [0, 0.05) is 6.42 Å². The zero-order valence-electron chi connectivity index (χ0n) is 12.5. The van der Waals surface area contributed by atoms with Gasteiger partial charge < -0.3 is 9.84 Å². The van der Waals surface area contributed by atoms with E-state index in [1.807, 2.05) is 0 Å². The van der Waals surface area contributed by atoms with Crippen LogP contribution in [-0.2, 0) is 9.53 Å². The number of allylic oxidation sites excluding steroid dienone is 2. The van der Waals surface area contributed by atoms with Crippen molar-refractivity contribution in [2.24, 2.45) is 29.6 Å². The summed E-state index contributed by atoms with van der Waals surface area (Å²) in [7, 11) is 0. The van der Waals surface area contributed by atoms with Crippen LogP contribution in [0.4, 0.5) is 0 Å². The van der Waals surface area contributed by atoms with Crippen molar-refractivity contribution in [2.75, 3.05) is 0 Å². The van der Waals surface area contributed by atoms with Gasteiger partial charge in [0.1, 0.15) is 5.60 Å². The van der Waals surface area contributed by atoms with Crippen molar-refractivity contribution < 1.29 is 14.6 Å². The first kappa shape index (κ1) is 12.7. The Balaban J connectivity index is 1.36. The molecule has 0 radical (unpaired) electrons. The van der Waals surface area contributed by atoms with E-state index in [4.69, 9.17) is 4.74 Å². The second-order valence-electron chi connectivity index (χ2n) is 8.68. The summed E-state index contributed by atoms with van der Waals surface area (Å²) in [5.41, 5.74) is -0.875. The summed E-state index contributed by atoms with van der Waals surface area (Å²) >= 11 is 0. The van der Waals surface area contributed by atoms with Gasteiger partial charge in [0.2, 0.25) is 0 Å². The SMILES string of the molecule is O=C(OC12CC3CC(CC(O)(C3)C1)C2)C1CC2C=CC1C2. The molecule has 0 heterocycles. The van der Waals surface area contributed by atoms with E-state index in [2.05, 4.69) is 12.2 Å². The average Bonchev–Trinajstić information content (AvgIpc) is 2.96. The summed E-state index contributed by atoms with van der Waals surface area (Å²) in [6.07, 6.45) is 12.4. The molecule has 0 aromatic rings. The molecule has 0 aromatic carbocycles. The molecule has 0 aliphatic heterocycles. The summed E-state index contributed by atoms with van der Waals surface area (Å²) in [5.74, 6) is 2.28. The van der Waals surface area contributed by atoms with E-state index in [-0.39, 0.29) is 17.5 Å². The Morgan fingerprint density at radius 3 is 2.38 bits per heavy atom. The molecule has 0 amide bonds. The number of ether oxygens (including phenoxy) is 1. The smallest absolute Gasteiger partial charge is 0.310 e. The van der Waals surface area contributed by atoms with Crippen molar-refractivity contribution >= 4 is 5.97 Å². The van der Waals surface area contributed by atoms with Gasteiger partial charge >= 0.3 is 5.97 Å². The molecule has 3 heteroatoms. The quantitative estimate of drug-likeness (QED) is 0.628. The fourth-order valence-electron chi connectivity index (χ4n) is 6.59. The van der Waals surface area contributed by atoms with E-state index in [1.165, 1.54) is 6.42 Å². The maximum Gasteiger partial charge on any atom is 0.310 e. The van der Waals surface area contributed by atoms with Crippen molar-refractivity contribution in [3.8, 4) is 0 Å². The fourth-order valence-corrected chi connectivity index (χ4v) is 6.59. The fraction of sp³-hybridized carbons (Fsp3) is 0.833. The summed E-state index contributed by atoms with van der Waals surface area (Å²) in [4.78, 5) is 12.7. The Morgan fingerprint density at radius 2 is 1.81 bits per heavy atom. The lowest BCUT2D eigenvalue weighted by Gasteiger charge is -2.59. The van der Waals surface area contributed by atoms with Crippen molar-refractivity contribution in [2.45, 2.75) is 62.6 Å². The van der Waals surface area contributed by atoms with Crippen molar-refractivity contribution in [1.82, 2.24) is 0 Å². The number of carbonyl (C=O) groups is 1. The van der Waals surface area contributed by atoms with Gasteiger partial charge in [-0.2, -0.15) is 0 Å². The van der Waals surface area contributed by atoms with Gasteiger partial charge in [-0.3, -0.25) is 4.79 Å². The van der Waals surface area contributed by atoms with Crippen LogP contribution in [0.3, 0.4) is 0 Å². The maximum atomic E-state index is 12.7. The lowest BCUT2D eigenvalue weighted by Crippen LogP contribution is -2.60. The zero-order chi connectivity index (χ0) is 14.2. The standard InChI is InChI=1S/C18H24O3/c19-16(15-5-11-1-2-14(15)4-11)21-18-8-12-3-13(9-18)7-17(20,6-12)10-18/h1-2,11-15,20H,3-10H2. The third-order valence-corrected chi connectivity index (χ3v) is 6.88. The van der Waals surface area contributed by atoms with E-state index >= 15 is 0 Å². The molecule has 6 aliphatic rings. The van der Waals surface area contributed by atoms with E-state index in [9.17, 15) is 9.90 Å². The number of aliphatic hydroxyl groups is 1. The van der Waals surface area contributed by atoms with Crippen molar-refractivity contribution in [1.29, 1.82) is 0 Å². The Bertz CT molecular complexity index is 509. The Morgan fingerprint density at radius 1 is 1.05 bits per heavy atom. The lowest BCUT2D eigenvalue weighted by atomic mass is 9.52. The molecule has 5 unspecified atom stereocenters. The van der Waals surface area contributed by atoms with Gasteiger partial charge in [-0.15, -0.1) is 0 Å². The molecule has 1 N–H and O–H groups in total. The second-order valence-corrected chi connectivity index (χ2v) is 8.68. The summed E-state index contributed by atoms with van der Waals surface area (Å²) in [6.45, 7) is 0. The second kappa shape index (κ2) is 3.92. The molecule has 6 aliphatic carbocycles. The molecule has 3 nitrogen and oxygen atoms in total. The highest BCUT2D eigenvalue weighted by molar-refractivity contribution is 5.74. The highest BCUT2D eigenvalue weighted by atomic mass is 16.6. The van der Waals surface area contributed by atoms with Crippen LogP contribution in [-0.4, -0.2) is 22.3 Å². The zero-order valence-corrected chi connectivity index (χ0v) is 12.5. The maximum absolute atomic E-state index is 12.7. The summed E-state index contributed by atoms with van der Waals surface area (Å²) in [5, 5.41) is 10.7. The van der Waals surface area contributed by atoms with E-state index in [0.29, 0.717) is 30.1 Å². The number of rotatable bonds is 2. The van der Waals surface area contributed by atoms with Crippen molar-refractivity contribution in [3.63, 3.8) is 0 Å². The number of fused-ring (bicyclic) bond motifs is 2. The third kappa shape index (κ3) is 1.86. The molecular formula is C18H24O3. The van der Waals surface area contributed by atoms with Gasteiger partial charge in [-0.1, -0.05) is 12.2 Å². The van der Waals surface area contributed by atoms with Crippen molar-refractivity contribution in [3.05, 3.63) is 12.2 Å². The third-order valence-electron chi connectivity index (χ3n) is 6.88. The number of carbonyl (C=O) groups excluding carboxylic acids is 1. The molecule has 5 atom stereocenters. The number of esters is 1. The van der Waals surface area contributed by atoms with Gasteiger partial charge in [0.15, 0.2) is 0 Å². The van der Waals surface area contributed by atoms with Crippen LogP contribution < -0.4 is 0 Å². The lowest BCUT2D eigenvalue weighted by molar-refractivity contribution is -0.222.